The van der Waals surface area contributed by atoms with Gasteiger partial charge in [-0.05, 0) is 57.8 Å². The molecule has 0 aromatic heterocycles. The van der Waals surface area contributed by atoms with Crippen LogP contribution >= 0.6 is 0 Å². The number of ether oxygens (including phenoxy) is 3. The first kappa shape index (κ1) is 80.6. The molecule has 0 aromatic rings. The molecule has 1 atom stereocenters. The molecule has 0 aliphatic heterocycles. The normalized spacial score (nSPS) is 12.2. The Kier molecular flexibility index (Phi) is 70.0. The minimum atomic E-state index is -0.770. The lowest BCUT2D eigenvalue weighted by Gasteiger charge is -2.18. The van der Waals surface area contributed by atoms with Crippen LogP contribution in [0.15, 0.2) is 36.5 Å². The van der Waals surface area contributed by atoms with Gasteiger partial charge in [0, 0.05) is 19.3 Å². The van der Waals surface area contributed by atoms with Gasteiger partial charge in [-0.25, -0.2) is 0 Å². The summed E-state index contributed by atoms with van der Waals surface area (Å²) in [6.45, 7) is 6.69. The molecule has 0 fully saturated rings. The summed E-state index contributed by atoms with van der Waals surface area (Å²) in [5.74, 6) is -0.839. The Morgan fingerprint density at radius 2 is 0.434 bits per heavy atom. The van der Waals surface area contributed by atoms with Gasteiger partial charge in [-0.15, -0.1) is 0 Å². The minimum absolute atomic E-state index is 0.0665. The molecule has 1 unspecified atom stereocenters. The lowest BCUT2D eigenvalue weighted by Crippen LogP contribution is -2.30. The molecular formula is C77H144O6. The highest BCUT2D eigenvalue weighted by Crippen LogP contribution is 2.19. The van der Waals surface area contributed by atoms with Crippen molar-refractivity contribution in [2.45, 2.75) is 425 Å². The average molecular weight is 1170 g/mol. The Labute approximate surface area is 518 Å². The maximum atomic E-state index is 13.0. The summed E-state index contributed by atoms with van der Waals surface area (Å²) in [7, 11) is 0. The van der Waals surface area contributed by atoms with E-state index in [1.54, 1.807) is 0 Å². The first-order valence-electron chi connectivity index (χ1n) is 37.5. The summed E-state index contributed by atoms with van der Waals surface area (Å²) < 4.78 is 17.0. The molecule has 0 heterocycles. The van der Waals surface area contributed by atoms with Gasteiger partial charge in [-0.2, -0.15) is 0 Å². The molecule has 0 saturated carbocycles. The maximum absolute atomic E-state index is 13.0. The third-order valence-electron chi connectivity index (χ3n) is 17.1. The maximum Gasteiger partial charge on any atom is 0.306 e. The molecule has 6 nitrogen and oxygen atoms in total. The number of rotatable bonds is 70. The summed E-state index contributed by atoms with van der Waals surface area (Å²) in [5, 5.41) is 0. The molecule has 0 N–H and O–H groups in total. The van der Waals surface area contributed by atoms with E-state index >= 15 is 0 Å². The fourth-order valence-electron chi connectivity index (χ4n) is 11.5. The molecule has 0 bridgehead atoms. The predicted octanol–water partition coefficient (Wildman–Crippen LogP) is 25.9. The molecular weight excluding hydrogens is 1020 g/mol. The van der Waals surface area contributed by atoms with E-state index in [0.29, 0.717) is 19.3 Å². The van der Waals surface area contributed by atoms with E-state index in [1.807, 2.05) is 0 Å². The average Bonchev–Trinajstić information content (AvgIpc) is 3.48. The van der Waals surface area contributed by atoms with E-state index in [2.05, 4.69) is 57.2 Å². The first-order valence-corrected chi connectivity index (χ1v) is 37.5. The highest BCUT2D eigenvalue weighted by Gasteiger charge is 2.20. The molecule has 0 aliphatic carbocycles. The van der Waals surface area contributed by atoms with Crippen molar-refractivity contribution in [1.29, 1.82) is 0 Å². The molecule has 0 spiro atoms. The fourth-order valence-corrected chi connectivity index (χ4v) is 11.5. The van der Waals surface area contributed by atoms with Gasteiger partial charge in [0.1, 0.15) is 13.2 Å². The molecule has 6 heteroatoms. The van der Waals surface area contributed by atoms with Crippen LogP contribution in [0.2, 0.25) is 0 Å². The monoisotopic (exact) mass is 1170 g/mol. The van der Waals surface area contributed by atoms with E-state index in [9.17, 15) is 14.4 Å². The number of esters is 3. The van der Waals surface area contributed by atoms with Crippen molar-refractivity contribution < 1.29 is 28.6 Å². The summed E-state index contributed by atoms with van der Waals surface area (Å²) in [6.07, 6.45) is 90.6. The van der Waals surface area contributed by atoms with E-state index in [-0.39, 0.29) is 31.1 Å². The number of unbranched alkanes of at least 4 members (excludes halogenated alkanes) is 53. The highest BCUT2D eigenvalue weighted by atomic mass is 16.6. The van der Waals surface area contributed by atoms with Crippen molar-refractivity contribution in [1.82, 2.24) is 0 Å². The molecule has 0 aromatic carbocycles. The molecule has 0 saturated heterocycles. The van der Waals surface area contributed by atoms with E-state index in [1.165, 1.54) is 308 Å². The standard InChI is InChI=1S/C77H144O6/c1-4-7-10-13-16-19-22-24-26-28-30-32-34-36-38-40-41-43-45-47-49-51-53-55-58-61-64-67-70-76(79)82-73-74(72-81-75(78)69-66-63-60-57-21-18-15-12-9-6-3)83-77(80)71-68-65-62-59-56-54-52-50-48-46-44-42-39-37-35-33-31-29-27-25-23-20-17-14-11-8-5-2/h23,25,29,31,35,37,74H,4-22,24,26-28,30,32-34,36,38-73H2,1-3H3/b25-23-,31-29-,37-35-. The summed E-state index contributed by atoms with van der Waals surface area (Å²) in [6, 6.07) is 0. The van der Waals surface area contributed by atoms with Crippen LogP contribution in [0.4, 0.5) is 0 Å². The van der Waals surface area contributed by atoms with Crippen LogP contribution in [-0.2, 0) is 28.6 Å². The van der Waals surface area contributed by atoms with Crippen molar-refractivity contribution in [3.8, 4) is 0 Å². The Bertz CT molecular complexity index is 1380. The molecule has 488 valence electrons. The molecule has 0 radical (unpaired) electrons. The highest BCUT2D eigenvalue weighted by molar-refractivity contribution is 5.71. The van der Waals surface area contributed by atoms with Crippen molar-refractivity contribution in [3.05, 3.63) is 36.5 Å². The van der Waals surface area contributed by atoms with Crippen LogP contribution in [-0.4, -0.2) is 37.2 Å². The van der Waals surface area contributed by atoms with Crippen molar-refractivity contribution in [3.63, 3.8) is 0 Å². The predicted molar refractivity (Wildman–Crippen MR) is 362 cm³/mol. The fraction of sp³-hybridized carbons (Fsp3) is 0.883. The van der Waals surface area contributed by atoms with Crippen molar-refractivity contribution in [2.75, 3.05) is 13.2 Å². The van der Waals surface area contributed by atoms with Gasteiger partial charge in [0.05, 0.1) is 0 Å². The topological polar surface area (TPSA) is 78.9 Å². The summed E-state index contributed by atoms with van der Waals surface area (Å²) in [4.78, 5) is 38.4. The van der Waals surface area contributed by atoms with Gasteiger partial charge in [-0.1, -0.05) is 378 Å². The van der Waals surface area contributed by atoms with E-state index in [0.717, 1.165) is 70.6 Å². The zero-order valence-corrected chi connectivity index (χ0v) is 56.2. The number of hydrogen-bond donors (Lipinski definition) is 0. The van der Waals surface area contributed by atoms with Crippen LogP contribution in [0.25, 0.3) is 0 Å². The zero-order chi connectivity index (χ0) is 59.9. The van der Waals surface area contributed by atoms with Gasteiger partial charge < -0.3 is 14.2 Å². The first-order chi connectivity index (χ1) is 41.0. The molecule has 0 amide bonds. The van der Waals surface area contributed by atoms with Gasteiger partial charge in [0.2, 0.25) is 0 Å². The van der Waals surface area contributed by atoms with Crippen LogP contribution in [0.1, 0.15) is 419 Å². The molecule has 83 heavy (non-hydrogen) atoms. The quantitative estimate of drug-likeness (QED) is 0.0261. The van der Waals surface area contributed by atoms with Crippen molar-refractivity contribution in [2.24, 2.45) is 0 Å². The third kappa shape index (κ3) is 70.3. The van der Waals surface area contributed by atoms with Crippen molar-refractivity contribution >= 4 is 17.9 Å². The van der Waals surface area contributed by atoms with Crippen LogP contribution in [0.5, 0.6) is 0 Å². The minimum Gasteiger partial charge on any atom is -0.462 e. The number of carbonyl (C=O) groups excluding carboxylic acids is 3. The molecule has 0 rings (SSSR count). The number of hydrogen-bond acceptors (Lipinski definition) is 6. The summed E-state index contributed by atoms with van der Waals surface area (Å²) in [5.41, 5.74) is 0. The SMILES string of the molecule is CCCCCCC/C=C\C/C=C\C/C=C\CCCCCCCCCCCCCCC(=O)OC(COC(=O)CCCCCCCCCCCC)COC(=O)CCCCCCCCCCCCCCCCCCCCCCCCCCCCCC. The summed E-state index contributed by atoms with van der Waals surface area (Å²) >= 11 is 0. The Morgan fingerprint density at radius 1 is 0.241 bits per heavy atom. The Morgan fingerprint density at radius 3 is 0.675 bits per heavy atom. The smallest absolute Gasteiger partial charge is 0.306 e. The van der Waals surface area contributed by atoms with Gasteiger partial charge in [0.15, 0.2) is 6.10 Å². The lowest BCUT2D eigenvalue weighted by molar-refractivity contribution is -0.167. The second-order valence-electron chi connectivity index (χ2n) is 25.6. The Balaban J connectivity index is 4.11. The molecule has 0 aliphatic rings. The van der Waals surface area contributed by atoms with Crippen LogP contribution in [0, 0.1) is 0 Å². The third-order valence-corrected chi connectivity index (χ3v) is 17.1. The number of allylic oxidation sites excluding steroid dienone is 6. The largest absolute Gasteiger partial charge is 0.462 e. The Hall–Kier alpha value is -2.37. The number of carbonyl (C=O) groups is 3. The van der Waals surface area contributed by atoms with Crippen LogP contribution < -0.4 is 0 Å². The van der Waals surface area contributed by atoms with Crippen LogP contribution in [0.3, 0.4) is 0 Å². The van der Waals surface area contributed by atoms with Gasteiger partial charge >= 0.3 is 17.9 Å². The zero-order valence-electron chi connectivity index (χ0n) is 56.2. The van der Waals surface area contributed by atoms with Gasteiger partial charge in [-0.3, -0.25) is 14.4 Å². The van der Waals surface area contributed by atoms with E-state index < -0.39 is 6.10 Å². The second kappa shape index (κ2) is 72.1. The van der Waals surface area contributed by atoms with Gasteiger partial charge in [0.25, 0.3) is 0 Å². The second-order valence-corrected chi connectivity index (χ2v) is 25.6. The lowest BCUT2D eigenvalue weighted by atomic mass is 10.0. The van der Waals surface area contributed by atoms with E-state index in [4.69, 9.17) is 14.2 Å².